The molecule has 1 aromatic rings. The van der Waals surface area contributed by atoms with E-state index in [-0.39, 0.29) is 5.69 Å². The van der Waals surface area contributed by atoms with Crippen molar-refractivity contribution in [2.24, 2.45) is 0 Å². The summed E-state index contributed by atoms with van der Waals surface area (Å²) in [6, 6.07) is 4.69. The van der Waals surface area contributed by atoms with Crippen molar-refractivity contribution in [3.63, 3.8) is 0 Å². The quantitative estimate of drug-likeness (QED) is 0.855. The maximum Gasteiger partial charge on any atom is 0.418 e. The minimum absolute atomic E-state index is 0.354. The molecule has 0 aliphatic rings. The lowest BCUT2D eigenvalue weighted by atomic mass is 10.1. The molecule has 1 aromatic carbocycles. The standard InChI is InChI=1S/C11H10F3N3O/c1-7(6-15)16-10(18)17-9-5-3-2-4-8(9)11(12,13)14/h2-5,7H,1H3,(H2,16,17,18). The van der Waals surface area contributed by atoms with E-state index in [0.717, 1.165) is 12.1 Å². The Morgan fingerprint density at radius 2 is 2.00 bits per heavy atom. The lowest BCUT2D eigenvalue weighted by Gasteiger charge is -2.14. The summed E-state index contributed by atoms with van der Waals surface area (Å²) in [5, 5.41) is 12.7. The van der Waals surface area contributed by atoms with Crippen molar-refractivity contribution in [2.75, 3.05) is 5.32 Å². The number of nitriles is 1. The van der Waals surface area contributed by atoms with Crippen LogP contribution in [0, 0.1) is 11.3 Å². The average Bonchev–Trinajstić information content (AvgIpc) is 2.27. The van der Waals surface area contributed by atoms with Gasteiger partial charge in [-0.2, -0.15) is 18.4 Å². The average molecular weight is 257 g/mol. The van der Waals surface area contributed by atoms with Crippen LogP contribution in [0.3, 0.4) is 0 Å². The first-order chi connectivity index (χ1) is 8.34. The Morgan fingerprint density at radius 3 is 2.56 bits per heavy atom. The third-order valence-corrected chi connectivity index (χ3v) is 2.02. The van der Waals surface area contributed by atoms with Gasteiger partial charge in [-0.05, 0) is 19.1 Å². The van der Waals surface area contributed by atoms with Gasteiger partial charge >= 0.3 is 12.2 Å². The molecule has 96 valence electrons. The summed E-state index contributed by atoms with van der Waals surface area (Å²) in [5.74, 6) is 0. The topological polar surface area (TPSA) is 64.9 Å². The van der Waals surface area contributed by atoms with E-state index in [1.54, 1.807) is 6.07 Å². The minimum atomic E-state index is -4.55. The van der Waals surface area contributed by atoms with Crippen molar-refractivity contribution in [1.82, 2.24) is 5.32 Å². The van der Waals surface area contributed by atoms with Crippen LogP contribution in [0.4, 0.5) is 23.7 Å². The van der Waals surface area contributed by atoms with Gasteiger partial charge in [0, 0.05) is 0 Å². The number of amides is 2. The van der Waals surface area contributed by atoms with Crippen LogP contribution in [0.15, 0.2) is 24.3 Å². The fourth-order valence-electron chi connectivity index (χ4n) is 1.23. The summed E-state index contributed by atoms with van der Waals surface area (Å²) in [6.07, 6.45) is -4.55. The van der Waals surface area contributed by atoms with Gasteiger partial charge in [0.25, 0.3) is 0 Å². The molecule has 0 saturated carbocycles. The summed E-state index contributed by atoms with van der Waals surface area (Å²) < 4.78 is 37.8. The SMILES string of the molecule is CC(C#N)NC(=O)Nc1ccccc1C(F)(F)F. The second-order valence-corrected chi connectivity index (χ2v) is 3.49. The van der Waals surface area contributed by atoms with Crippen LogP contribution in [0.5, 0.6) is 0 Å². The number of halogens is 3. The Bertz CT molecular complexity index is 479. The maximum atomic E-state index is 12.6. The highest BCUT2D eigenvalue weighted by Gasteiger charge is 2.33. The third kappa shape index (κ3) is 3.66. The van der Waals surface area contributed by atoms with Crippen LogP contribution >= 0.6 is 0 Å². The monoisotopic (exact) mass is 257 g/mol. The molecular weight excluding hydrogens is 247 g/mol. The van der Waals surface area contributed by atoms with Gasteiger partial charge in [-0.1, -0.05) is 12.1 Å². The number of hydrogen-bond donors (Lipinski definition) is 2. The van der Waals surface area contributed by atoms with E-state index in [4.69, 9.17) is 5.26 Å². The molecule has 1 rings (SSSR count). The Hall–Kier alpha value is -2.23. The van der Waals surface area contributed by atoms with Crippen LogP contribution in [-0.2, 0) is 6.18 Å². The molecule has 2 N–H and O–H groups in total. The molecule has 0 saturated heterocycles. The van der Waals surface area contributed by atoms with Crippen molar-refractivity contribution >= 4 is 11.7 Å². The molecule has 0 aromatic heterocycles. The van der Waals surface area contributed by atoms with Gasteiger partial charge in [-0.25, -0.2) is 4.79 Å². The zero-order valence-corrected chi connectivity index (χ0v) is 9.38. The van der Waals surface area contributed by atoms with Gasteiger partial charge in [0.15, 0.2) is 0 Å². The summed E-state index contributed by atoms with van der Waals surface area (Å²) >= 11 is 0. The number of carbonyl (C=O) groups is 1. The van der Waals surface area contributed by atoms with Crippen molar-refractivity contribution < 1.29 is 18.0 Å². The van der Waals surface area contributed by atoms with Gasteiger partial charge in [0.2, 0.25) is 0 Å². The van der Waals surface area contributed by atoms with Crippen molar-refractivity contribution in [3.8, 4) is 6.07 Å². The maximum absolute atomic E-state index is 12.6. The van der Waals surface area contributed by atoms with Gasteiger partial charge in [0.1, 0.15) is 6.04 Å². The number of benzene rings is 1. The van der Waals surface area contributed by atoms with Crippen LogP contribution in [0.25, 0.3) is 0 Å². The number of urea groups is 1. The number of rotatable bonds is 2. The van der Waals surface area contributed by atoms with Crippen molar-refractivity contribution in [3.05, 3.63) is 29.8 Å². The molecule has 18 heavy (non-hydrogen) atoms. The molecule has 0 aliphatic heterocycles. The predicted octanol–water partition coefficient (Wildman–Crippen LogP) is 2.74. The van der Waals surface area contributed by atoms with Crippen molar-refractivity contribution in [1.29, 1.82) is 5.26 Å². The van der Waals surface area contributed by atoms with Gasteiger partial charge in [-0.15, -0.1) is 0 Å². The Morgan fingerprint density at radius 1 is 1.39 bits per heavy atom. The van der Waals surface area contributed by atoms with E-state index in [9.17, 15) is 18.0 Å². The van der Waals surface area contributed by atoms with E-state index >= 15 is 0 Å². The largest absolute Gasteiger partial charge is 0.418 e. The van der Waals surface area contributed by atoms with E-state index < -0.39 is 23.8 Å². The molecule has 1 atom stereocenters. The molecule has 1 unspecified atom stereocenters. The Balaban J connectivity index is 2.86. The minimum Gasteiger partial charge on any atom is -0.322 e. The highest BCUT2D eigenvalue weighted by Crippen LogP contribution is 2.34. The first-order valence-corrected chi connectivity index (χ1v) is 4.98. The first kappa shape index (κ1) is 13.8. The smallest absolute Gasteiger partial charge is 0.322 e. The third-order valence-electron chi connectivity index (χ3n) is 2.02. The van der Waals surface area contributed by atoms with Crippen LogP contribution < -0.4 is 10.6 Å². The van der Waals surface area contributed by atoms with Crippen LogP contribution in [0.1, 0.15) is 12.5 Å². The van der Waals surface area contributed by atoms with E-state index in [0.29, 0.717) is 0 Å². The highest BCUT2D eigenvalue weighted by molar-refractivity contribution is 5.90. The number of anilines is 1. The van der Waals surface area contributed by atoms with Crippen LogP contribution in [0.2, 0.25) is 0 Å². The zero-order valence-electron chi connectivity index (χ0n) is 9.38. The van der Waals surface area contributed by atoms with E-state index in [1.807, 2.05) is 0 Å². The number of alkyl halides is 3. The second-order valence-electron chi connectivity index (χ2n) is 3.49. The number of nitrogens with one attached hydrogen (secondary N) is 2. The lowest BCUT2D eigenvalue weighted by Crippen LogP contribution is -2.35. The first-order valence-electron chi connectivity index (χ1n) is 4.98. The van der Waals surface area contributed by atoms with Gasteiger partial charge in [0.05, 0.1) is 17.3 Å². The fraction of sp³-hybridized carbons (Fsp3) is 0.273. The summed E-state index contributed by atoms with van der Waals surface area (Å²) in [6.45, 7) is 1.41. The number of nitrogens with zero attached hydrogens (tertiary/aromatic N) is 1. The van der Waals surface area contributed by atoms with Gasteiger partial charge in [-0.3, -0.25) is 0 Å². The fourth-order valence-corrected chi connectivity index (χ4v) is 1.23. The molecule has 7 heteroatoms. The molecule has 2 amide bonds. The van der Waals surface area contributed by atoms with Gasteiger partial charge < -0.3 is 10.6 Å². The normalized spacial score (nSPS) is 12.4. The Kier molecular flexibility index (Phi) is 4.15. The van der Waals surface area contributed by atoms with E-state index in [1.165, 1.54) is 19.1 Å². The number of para-hydroxylation sites is 1. The molecule has 0 heterocycles. The molecule has 0 radical (unpaired) electrons. The Labute approximate surface area is 101 Å². The summed E-state index contributed by atoms with van der Waals surface area (Å²) in [4.78, 5) is 11.3. The summed E-state index contributed by atoms with van der Waals surface area (Å²) in [7, 11) is 0. The summed E-state index contributed by atoms with van der Waals surface area (Å²) in [5.41, 5.74) is -1.29. The molecule has 0 aliphatic carbocycles. The molecule has 4 nitrogen and oxygen atoms in total. The number of hydrogen-bond acceptors (Lipinski definition) is 2. The van der Waals surface area contributed by atoms with E-state index in [2.05, 4.69) is 10.6 Å². The van der Waals surface area contributed by atoms with Crippen LogP contribution in [-0.4, -0.2) is 12.1 Å². The predicted molar refractivity (Wildman–Crippen MR) is 58.7 cm³/mol. The molecular formula is C11H10F3N3O. The number of carbonyl (C=O) groups excluding carboxylic acids is 1. The molecule has 0 bridgehead atoms. The lowest BCUT2D eigenvalue weighted by molar-refractivity contribution is -0.136. The second kappa shape index (κ2) is 5.40. The molecule has 0 spiro atoms. The highest BCUT2D eigenvalue weighted by atomic mass is 19.4. The van der Waals surface area contributed by atoms with Crippen molar-refractivity contribution in [2.45, 2.75) is 19.1 Å². The zero-order chi connectivity index (χ0) is 13.8. The molecule has 0 fully saturated rings.